The number of benzene rings is 1. The Balaban J connectivity index is 1.82. The maximum Gasteiger partial charge on any atom is 0.416 e. The summed E-state index contributed by atoms with van der Waals surface area (Å²) in [5, 5.41) is 2.67. The predicted molar refractivity (Wildman–Crippen MR) is 97.7 cm³/mol. The molecule has 1 N–H and O–H groups in total. The summed E-state index contributed by atoms with van der Waals surface area (Å²) in [6.07, 6.45) is -2.98. The Hall–Kier alpha value is -2.55. The molecule has 4 rings (SSSR count). The van der Waals surface area contributed by atoms with E-state index in [1.54, 1.807) is 11.8 Å². The van der Waals surface area contributed by atoms with Crippen LogP contribution in [0.15, 0.2) is 35.5 Å². The molecule has 2 fully saturated rings. The van der Waals surface area contributed by atoms with Crippen LogP contribution < -0.4 is 5.32 Å². The molecular weight excluding hydrogens is 387 g/mol. The van der Waals surface area contributed by atoms with Crippen LogP contribution in [0.5, 0.6) is 0 Å². The van der Waals surface area contributed by atoms with Gasteiger partial charge in [-0.25, -0.2) is 4.79 Å². The van der Waals surface area contributed by atoms with E-state index in [-0.39, 0.29) is 23.1 Å². The van der Waals surface area contributed by atoms with Gasteiger partial charge in [0.25, 0.3) is 5.91 Å². The van der Waals surface area contributed by atoms with E-state index in [9.17, 15) is 22.8 Å². The fraction of sp³-hybridized carbons (Fsp3) is 0.500. The van der Waals surface area contributed by atoms with Gasteiger partial charge >= 0.3 is 12.2 Å². The van der Waals surface area contributed by atoms with Gasteiger partial charge in [0.1, 0.15) is 0 Å². The van der Waals surface area contributed by atoms with Crippen molar-refractivity contribution in [3.63, 3.8) is 0 Å². The van der Waals surface area contributed by atoms with E-state index in [0.29, 0.717) is 32.0 Å². The average Bonchev–Trinajstić information content (AvgIpc) is 3.52. The molecule has 9 heteroatoms. The lowest BCUT2D eigenvalue weighted by atomic mass is 9.90. The minimum Gasteiger partial charge on any atom is -0.378 e. The van der Waals surface area contributed by atoms with Gasteiger partial charge in [-0.05, 0) is 31.4 Å². The first-order valence-electron chi connectivity index (χ1n) is 9.62. The quantitative estimate of drug-likeness (QED) is 0.835. The zero-order valence-corrected chi connectivity index (χ0v) is 16.0. The molecular formula is C20H22F3N3O3. The standard InChI is InChI=1S/C20H22F3N3O3/c1-12-16(18(27)25-8-10-29-11-9-25)17(24-19(28)26(12)13-6-7-13)14-4-2-3-5-15(14)20(21,22)23/h2-5,13,17H,6-11H2,1H3,(H,24,28). The summed E-state index contributed by atoms with van der Waals surface area (Å²) in [7, 11) is 0. The van der Waals surface area contributed by atoms with Crippen molar-refractivity contribution < 1.29 is 27.5 Å². The molecule has 0 bridgehead atoms. The van der Waals surface area contributed by atoms with Gasteiger partial charge in [-0.2, -0.15) is 13.2 Å². The molecule has 2 aliphatic heterocycles. The number of urea groups is 1. The van der Waals surface area contributed by atoms with Crippen LogP contribution in [0.25, 0.3) is 0 Å². The number of amides is 3. The number of nitrogens with one attached hydrogen (secondary N) is 1. The number of halogens is 3. The second-order valence-electron chi connectivity index (χ2n) is 7.47. The highest BCUT2D eigenvalue weighted by molar-refractivity contribution is 5.99. The first kappa shape index (κ1) is 19.8. The Morgan fingerprint density at radius 1 is 1.17 bits per heavy atom. The molecule has 1 unspecified atom stereocenters. The number of rotatable bonds is 3. The monoisotopic (exact) mass is 409 g/mol. The van der Waals surface area contributed by atoms with Crippen molar-refractivity contribution in [2.24, 2.45) is 0 Å². The van der Waals surface area contributed by atoms with Crippen LogP contribution in [-0.4, -0.2) is 54.1 Å². The largest absolute Gasteiger partial charge is 0.416 e. The molecule has 3 amide bonds. The van der Waals surface area contributed by atoms with Crippen molar-refractivity contribution in [1.82, 2.24) is 15.1 Å². The Kier molecular flexibility index (Phi) is 5.02. The van der Waals surface area contributed by atoms with E-state index in [4.69, 9.17) is 4.74 Å². The SMILES string of the molecule is CC1=C(C(=O)N2CCOCC2)C(c2ccccc2C(F)(F)F)NC(=O)N1C1CC1. The lowest BCUT2D eigenvalue weighted by Crippen LogP contribution is -2.52. The number of nitrogens with zero attached hydrogens (tertiary/aromatic N) is 2. The van der Waals surface area contributed by atoms with E-state index in [2.05, 4.69) is 5.32 Å². The van der Waals surface area contributed by atoms with Gasteiger partial charge in [0, 0.05) is 24.8 Å². The van der Waals surface area contributed by atoms with Crippen LogP contribution in [0.2, 0.25) is 0 Å². The van der Waals surface area contributed by atoms with Crippen molar-refractivity contribution in [1.29, 1.82) is 0 Å². The molecule has 1 aromatic carbocycles. The summed E-state index contributed by atoms with van der Waals surface area (Å²) in [4.78, 5) is 29.2. The summed E-state index contributed by atoms with van der Waals surface area (Å²) in [6, 6.07) is 3.43. The first-order valence-corrected chi connectivity index (χ1v) is 9.62. The molecule has 0 aromatic heterocycles. The minimum absolute atomic E-state index is 0.0127. The van der Waals surface area contributed by atoms with E-state index in [1.807, 2.05) is 0 Å². The molecule has 1 atom stereocenters. The molecule has 156 valence electrons. The third-order valence-corrected chi connectivity index (χ3v) is 5.54. The third-order valence-electron chi connectivity index (χ3n) is 5.54. The first-order chi connectivity index (χ1) is 13.8. The topological polar surface area (TPSA) is 61.9 Å². The predicted octanol–water partition coefficient (Wildman–Crippen LogP) is 3.07. The highest BCUT2D eigenvalue weighted by Crippen LogP contribution is 2.42. The lowest BCUT2D eigenvalue weighted by Gasteiger charge is -2.39. The number of ether oxygens (including phenoxy) is 1. The van der Waals surface area contributed by atoms with Gasteiger partial charge in [0.05, 0.1) is 30.4 Å². The van der Waals surface area contributed by atoms with E-state index < -0.39 is 23.8 Å². The molecule has 1 aromatic rings. The van der Waals surface area contributed by atoms with Crippen LogP contribution in [0.1, 0.15) is 36.9 Å². The van der Waals surface area contributed by atoms with Crippen molar-refractivity contribution in [3.05, 3.63) is 46.7 Å². The number of carbonyl (C=O) groups is 2. The third kappa shape index (κ3) is 3.71. The second kappa shape index (κ2) is 7.37. The van der Waals surface area contributed by atoms with Gasteiger partial charge in [-0.15, -0.1) is 0 Å². The van der Waals surface area contributed by atoms with Crippen LogP contribution in [0.3, 0.4) is 0 Å². The number of carbonyl (C=O) groups excluding carboxylic acids is 2. The number of morpholine rings is 1. The Bertz CT molecular complexity index is 858. The van der Waals surface area contributed by atoms with Crippen LogP contribution in [-0.2, 0) is 15.7 Å². The fourth-order valence-corrected chi connectivity index (χ4v) is 3.98. The molecule has 0 spiro atoms. The van der Waals surface area contributed by atoms with Gasteiger partial charge in [0.15, 0.2) is 0 Å². The number of allylic oxidation sites excluding steroid dienone is 1. The average molecular weight is 409 g/mol. The molecule has 1 aliphatic carbocycles. The molecule has 29 heavy (non-hydrogen) atoms. The van der Waals surface area contributed by atoms with Gasteiger partial charge in [-0.3, -0.25) is 9.69 Å². The summed E-state index contributed by atoms with van der Waals surface area (Å²) < 4.78 is 46.2. The summed E-state index contributed by atoms with van der Waals surface area (Å²) in [5.41, 5.74) is -0.366. The van der Waals surface area contributed by atoms with E-state index in [0.717, 1.165) is 18.9 Å². The van der Waals surface area contributed by atoms with Crippen molar-refractivity contribution in [2.45, 2.75) is 38.0 Å². The molecule has 3 aliphatic rings. The van der Waals surface area contributed by atoms with E-state index >= 15 is 0 Å². The van der Waals surface area contributed by atoms with Crippen molar-refractivity contribution >= 4 is 11.9 Å². The highest BCUT2D eigenvalue weighted by Gasteiger charge is 2.45. The summed E-state index contributed by atoms with van der Waals surface area (Å²) in [5.74, 6) is -0.363. The van der Waals surface area contributed by atoms with Gasteiger partial charge < -0.3 is 15.0 Å². The molecule has 2 heterocycles. The van der Waals surface area contributed by atoms with Gasteiger partial charge in [0.2, 0.25) is 0 Å². The fourth-order valence-electron chi connectivity index (χ4n) is 3.98. The molecule has 1 saturated heterocycles. The van der Waals surface area contributed by atoms with Crippen LogP contribution in [0, 0.1) is 0 Å². The Morgan fingerprint density at radius 3 is 2.45 bits per heavy atom. The molecule has 1 saturated carbocycles. The zero-order valence-electron chi connectivity index (χ0n) is 16.0. The summed E-state index contributed by atoms with van der Waals surface area (Å²) >= 11 is 0. The highest BCUT2D eigenvalue weighted by atomic mass is 19.4. The summed E-state index contributed by atoms with van der Waals surface area (Å²) in [6.45, 7) is 3.12. The van der Waals surface area contributed by atoms with Crippen LogP contribution >= 0.6 is 0 Å². The zero-order chi connectivity index (χ0) is 20.8. The Labute approximate surface area is 166 Å². The number of hydrogen-bond donors (Lipinski definition) is 1. The van der Waals surface area contributed by atoms with Crippen molar-refractivity contribution in [2.75, 3.05) is 26.3 Å². The van der Waals surface area contributed by atoms with Crippen molar-refractivity contribution in [3.8, 4) is 0 Å². The smallest absolute Gasteiger partial charge is 0.378 e. The maximum absolute atomic E-state index is 13.6. The molecule has 0 radical (unpaired) electrons. The minimum atomic E-state index is -4.60. The molecule has 6 nitrogen and oxygen atoms in total. The Morgan fingerprint density at radius 2 is 1.83 bits per heavy atom. The maximum atomic E-state index is 13.6. The lowest BCUT2D eigenvalue weighted by molar-refractivity contribution is -0.139. The van der Waals surface area contributed by atoms with Gasteiger partial charge in [-0.1, -0.05) is 18.2 Å². The normalized spacial score (nSPS) is 23.3. The van der Waals surface area contributed by atoms with Crippen LogP contribution in [0.4, 0.5) is 18.0 Å². The van der Waals surface area contributed by atoms with E-state index in [1.165, 1.54) is 23.1 Å². The number of hydrogen-bond acceptors (Lipinski definition) is 3. The second-order valence-corrected chi connectivity index (χ2v) is 7.47. The number of alkyl halides is 3.